The average Bonchev–Trinajstić information content (AvgIpc) is 3.00. The van der Waals surface area contributed by atoms with Crippen molar-refractivity contribution in [2.75, 3.05) is 13.2 Å². The molecule has 0 heterocycles. The minimum absolute atomic E-state index is 0.149. The van der Waals surface area contributed by atoms with E-state index in [-0.39, 0.29) is 31.5 Å². The topological polar surface area (TPSA) is 98.3 Å². The second-order valence-electron chi connectivity index (χ2n) is 11.0. The molecule has 0 aliphatic heterocycles. The third-order valence-corrected chi connectivity index (χ3v) is 7.77. The monoisotopic (exact) mass is 721 g/mol. The lowest BCUT2D eigenvalue weighted by Gasteiger charge is -2.19. The van der Waals surface area contributed by atoms with E-state index < -0.39 is 11.9 Å². The Balaban J connectivity index is 1.64. The first-order valence-corrected chi connectivity index (χ1v) is 16.7. The Bertz CT molecular complexity index is 1560. The Morgan fingerprint density at radius 1 is 0.915 bits per heavy atom. The molecule has 3 rings (SSSR count). The number of ether oxygens (including phenoxy) is 3. The van der Waals surface area contributed by atoms with Crippen molar-refractivity contribution >= 4 is 64.4 Å². The summed E-state index contributed by atoms with van der Waals surface area (Å²) in [5.41, 5.74) is 4.83. The Morgan fingerprint density at radius 2 is 1.64 bits per heavy atom. The number of carbonyl (C=O) groups excluding carboxylic acids is 2. The van der Waals surface area contributed by atoms with E-state index in [1.807, 2.05) is 32.9 Å². The maximum absolute atomic E-state index is 13.1. The number of carbonyl (C=O) groups is 2. The van der Waals surface area contributed by atoms with Crippen molar-refractivity contribution in [3.8, 4) is 17.2 Å². The second-order valence-corrected chi connectivity index (χ2v) is 12.7. The van der Waals surface area contributed by atoms with Crippen LogP contribution in [0.15, 0.2) is 66.3 Å². The number of halogens is 4. The summed E-state index contributed by atoms with van der Waals surface area (Å²) < 4.78 is 17.7. The molecule has 0 aliphatic rings. The molecule has 252 valence electrons. The molecule has 3 aromatic carbocycles. The Kier molecular flexibility index (Phi) is 15.7. The highest BCUT2D eigenvalue weighted by Gasteiger charge is 2.22. The summed E-state index contributed by atoms with van der Waals surface area (Å²) in [4.78, 5) is 25.8. The number of benzene rings is 3. The van der Waals surface area contributed by atoms with Gasteiger partial charge in [0.05, 0.1) is 24.5 Å². The van der Waals surface area contributed by atoms with Crippen molar-refractivity contribution in [1.29, 1.82) is 0 Å². The average molecular weight is 724 g/mol. The summed E-state index contributed by atoms with van der Waals surface area (Å²) in [6.07, 6.45) is 4.81. The minimum atomic E-state index is -0.767. The third kappa shape index (κ3) is 12.6. The van der Waals surface area contributed by atoms with Gasteiger partial charge in [-0.3, -0.25) is 9.59 Å². The number of hydrazone groups is 1. The third-order valence-electron chi connectivity index (χ3n) is 6.65. The molecule has 47 heavy (non-hydrogen) atoms. The largest absolute Gasteiger partial charge is 0.492 e. The molecule has 0 spiro atoms. The van der Waals surface area contributed by atoms with E-state index in [0.717, 1.165) is 11.1 Å². The fourth-order valence-corrected chi connectivity index (χ4v) is 5.43. The van der Waals surface area contributed by atoms with Crippen LogP contribution in [-0.2, 0) is 22.6 Å². The number of nitrogens with one attached hydrogen (secondary N) is 2. The van der Waals surface area contributed by atoms with Crippen LogP contribution in [0.3, 0.4) is 0 Å². The van der Waals surface area contributed by atoms with Crippen molar-refractivity contribution in [2.24, 2.45) is 11.0 Å². The van der Waals surface area contributed by atoms with Crippen LogP contribution in [0.25, 0.3) is 0 Å². The molecule has 0 saturated carbocycles. The van der Waals surface area contributed by atoms with Crippen LogP contribution >= 0.6 is 46.4 Å². The second kappa shape index (κ2) is 19.4. The predicted octanol–water partition coefficient (Wildman–Crippen LogP) is 8.85. The summed E-state index contributed by atoms with van der Waals surface area (Å²) >= 11 is 24.4. The van der Waals surface area contributed by atoms with E-state index in [2.05, 4.69) is 22.4 Å². The van der Waals surface area contributed by atoms with E-state index in [0.29, 0.717) is 68.8 Å². The van der Waals surface area contributed by atoms with Gasteiger partial charge in [-0.2, -0.15) is 5.10 Å². The zero-order valence-electron chi connectivity index (χ0n) is 26.6. The van der Waals surface area contributed by atoms with E-state index in [1.165, 1.54) is 6.21 Å². The number of amides is 2. The number of allylic oxidation sites excluding steroid dienone is 1. The van der Waals surface area contributed by atoms with Gasteiger partial charge in [0.2, 0.25) is 5.91 Å². The van der Waals surface area contributed by atoms with Crippen molar-refractivity contribution in [3.05, 3.63) is 98.0 Å². The molecule has 0 aromatic heterocycles. The molecule has 0 bridgehead atoms. The SMILES string of the molecule is C=CCc1cc(/C=N\NC(=O)[C@@H](CC(C)C)NC(=O)CCCOc2ccc(Cl)cc2Cl)cc(OCC)c1OCc1ccc(Cl)cc1Cl. The van der Waals surface area contributed by atoms with Gasteiger partial charge in [-0.1, -0.05) is 72.4 Å². The molecule has 2 N–H and O–H groups in total. The summed E-state index contributed by atoms with van der Waals surface area (Å²) in [7, 11) is 0. The molecule has 0 saturated heterocycles. The van der Waals surface area contributed by atoms with Gasteiger partial charge >= 0.3 is 0 Å². The molecule has 0 radical (unpaired) electrons. The van der Waals surface area contributed by atoms with Crippen molar-refractivity contribution in [1.82, 2.24) is 10.7 Å². The normalized spacial score (nSPS) is 11.7. The van der Waals surface area contributed by atoms with Gasteiger partial charge in [0.1, 0.15) is 18.4 Å². The number of rotatable bonds is 18. The van der Waals surface area contributed by atoms with Crippen molar-refractivity contribution in [3.63, 3.8) is 0 Å². The molecular formula is C35H39Cl4N3O5. The van der Waals surface area contributed by atoms with E-state index >= 15 is 0 Å². The van der Waals surface area contributed by atoms with Crippen LogP contribution in [0.2, 0.25) is 20.1 Å². The lowest BCUT2D eigenvalue weighted by Crippen LogP contribution is -2.46. The van der Waals surface area contributed by atoms with Crippen molar-refractivity contribution in [2.45, 2.75) is 59.1 Å². The molecule has 1 atom stereocenters. The van der Waals surface area contributed by atoms with E-state index in [4.69, 9.17) is 60.6 Å². The van der Waals surface area contributed by atoms with Crippen LogP contribution in [0.5, 0.6) is 17.2 Å². The number of hydrogen-bond donors (Lipinski definition) is 2. The maximum atomic E-state index is 13.1. The van der Waals surface area contributed by atoms with Gasteiger partial charge in [-0.15, -0.1) is 6.58 Å². The minimum Gasteiger partial charge on any atom is -0.492 e. The Hall–Kier alpha value is -3.43. The van der Waals surface area contributed by atoms with E-state index in [9.17, 15) is 9.59 Å². The molecule has 0 aliphatic carbocycles. The summed E-state index contributed by atoms with van der Waals surface area (Å²) in [6, 6.07) is 13.1. The molecule has 3 aromatic rings. The lowest BCUT2D eigenvalue weighted by atomic mass is 10.0. The molecular weight excluding hydrogens is 684 g/mol. The zero-order chi connectivity index (χ0) is 34.3. The van der Waals surface area contributed by atoms with Crippen LogP contribution in [0.1, 0.15) is 56.7 Å². The number of nitrogens with zero attached hydrogens (tertiary/aromatic N) is 1. The molecule has 0 fully saturated rings. The predicted molar refractivity (Wildman–Crippen MR) is 191 cm³/mol. The first kappa shape index (κ1) is 38.0. The highest BCUT2D eigenvalue weighted by molar-refractivity contribution is 6.35. The van der Waals surface area contributed by atoms with Gasteiger partial charge in [0, 0.05) is 32.6 Å². The summed E-state index contributed by atoms with van der Waals surface area (Å²) in [5, 5.41) is 8.94. The van der Waals surface area contributed by atoms with Gasteiger partial charge in [0.25, 0.3) is 5.91 Å². The quantitative estimate of drug-likeness (QED) is 0.0592. The fraction of sp³-hybridized carbons (Fsp3) is 0.343. The van der Waals surface area contributed by atoms with Gasteiger partial charge < -0.3 is 19.5 Å². The number of hydrogen-bond acceptors (Lipinski definition) is 6. The smallest absolute Gasteiger partial charge is 0.262 e. The first-order chi connectivity index (χ1) is 22.5. The van der Waals surface area contributed by atoms with Crippen LogP contribution in [0, 0.1) is 5.92 Å². The summed E-state index contributed by atoms with van der Waals surface area (Å²) in [5.74, 6) is 1.00. The summed E-state index contributed by atoms with van der Waals surface area (Å²) in [6.45, 7) is 10.6. The van der Waals surface area contributed by atoms with Crippen molar-refractivity contribution < 1.29 is 23.8 Å². The Morgan fingerprint density at radius 3 is 2.30 bits per heavy atom. The Labute approximate surface area is 296 Å². The van der Waals surface area contributed by atoms with Gasteiger partial charge in [0.15, 0.2) is 11.5 Å². The van der Waals surface area contributed by atoms with Gasteiger partial charge in [-0.05, 0) is 80.1 Å². The zero-order valence-corrected chi connectivity index (χ0v) is 29.6. The van der Waals surface area contributed by atoms with E-state index in [1.54, 1.807) is 42.5 Å². The fourth-order valence-electron chi connectivity index (χ4n) is 4.51. The lowest BCUT2D eigenvalue weighted by molar-refractivity contribution is -0.129. The molecule has 12 heteroatoms. The first-order valence-electron chi connectivity index (χ1n) is 15.2. The highest BCUT2D eigenvalue weighted by atomic mass is 35.5. The van der Waals surface area contributed by atoms with Gasteiger partial charge in [-0.25, -0.2) is 5.43 Å². The standard InChI is InChI=1S/C35H39Cl4N3O5/c1-5-8-24-16-23(17-32(45-6-2)34(24)47-21-25-10-11-26(36)18-28(25)38)20-40-42-35(44)30(15-22(3)4)41-33(43)9-7-14-46-31-13-12-27(37)19-29(31)39/h5,10-13,16-20,22,30H,1,6-9,14-15,21H2,2-4H3,(H,41,43)(H,42,44)/b40-20-/t30-/m1/s1. The molecule has 0 unspecified atom stereocenters. The molecule has 2 amide bonds. The molecule has 8 nitrogen and oxygen atoms in total. The van der Waals surface area contributed by atoms with Crippen LogP contribution < -0.4 is 25.0 Å². The maximum Gasteiger partial charge on any atom is 0.262 e. The highest BCUT2D eigenvalue weighted by Crippen LogP contribution is 2.35. The van der Waals surface area contributed by atoms with Crippen LogP contribution in [-0.4, -0.2) is 37.3 Å². The van der Waals surface area contributed by atoms with Crippen LogP contribution in [0.4, 0.5) is 0 Å².